The van der Waals surface area contributed by atoms with E-state index >= 15 is 0 Å². The molecule has 0 fully saturated rings. The Hall–Kier alpha value is -3.74. The van der Waals surface area contributed by atoms with Crippen molar-refractivity contribution in [3.63, 3.8) is 0 Å². The van der Waals surface area contributed by atoms with Crippen LogP contribution < -0.4 is 25.3 Å². The van der Waals surface area contributed by atoms with E-state index in [1.807, 2.05) is 0 Å². The van der Waals surface area contributed by atoms with Gasteiger partial charge in [0.25, 0.3) is 0 Å². The van der Waals surface area contributed by atoms with Gasteiger partial charge in [0, 0.05) is 12.1 Å². The third-order valence-electron chi connectivity index (χ3n) is 4.24. The van der Waals surface area contributed by atoms with Crippen LogP contribution in [0.1, 0.15) is 15.9 Å². The fourth-order valence-corrected chi connectivity index (χ4v) is 3.70. The topological polar surface area (TPSA) is 175 Å². The van der Waals surface area contributed by atoms with Gasteiger partial charge in [0.2, 0.25) is 17.6 Å². The van der Waals surface area contributed by atoms with Crippen molar-refractivity contribution in [2.45, 2.75) is 11.6 Å². The van der Waals surface area contributed by atoms with Gasteiger partial charge in [-0.2, -0.15) is 4.98 Å². The van der Waals surface area contributed by atoms with E-state index in [0.717, 1.165) is 11.8 Å². The Bertz CT molecular complexity index is 1130. The van der Waals surface area contributed by atoms with Crippen LogP contribution in [-0.4, -0.2) is 64.0 Å². The van der Waals surface area contributed by atoms with Crippen molar-refractivity contribution in [1.82, 2.24) is 25.3 Å². The number of amides is 1. The number of hydrogen-bond acceptors (Lipinski definition) is 10. The molecule has 0 bridgehead atoms. The number of aromatic nitrogens is 4. The van der Waals surface area contributed by atoms with Crippen molar-refractivity contribution in [3.8, 4) is 17.2 Å². The van der Waals surface area contributed by atoms with Crippen molar-refractivity contribution in [2.24, 2.45) is 0 Å². The Labute approximate surface area is 180 Å². The molecule has 0 spiro atoms. The molecule has 3 rings (SSSR count). The lowest BCUT2D eigenvalue weighted by molar-refractivity contribution is -0.118. The fourth-order valence-electron chi connectivity index (χ4n) is 2.88. The number of hydrogen-bond donors (Lipinski definition) is 4. The molecule has 164 valence electrons. The average Bonchev–Trinajstić information content (AvgIpc) is 3.22. The summed E-state index contributed by atoms with van der Waals surface area (Å²) in [4.78, 5) is 39.2. The normalized spacial score (nSPS) is 10.7. The van der Waals surface area contributed by atoms with E-state index in [9.17, 15) is 14.7 Å². The minimum atomic E-state index is -1.20. The number of methoxy groups -OCH3 is 3. The van der Waals surface area contributed by atoms with Gasteiger partial charge in [0.05, 0.1) is 39.0 Å². The molecule has 0 saturated carbocycles. The molecule has 0 unspecified atom stereocenters. The molecule has 0 aliphatic heterocycles. The number of carboxylic acids is 1. The number of thioether (sulfide) groups is 1. The van der Waals surface area contributed by atoms with Crippen LogP contribution >= 0.6 is 11.8 Å². The Morgan fingerprint density at radius 3 is 2.58 bits per heavy atom. The summed E-state index contributed by atoms with van der Waals surface area (Å²) in [5.41, 5.74) is 6.81. The predicted octanol–water partition coefficient (Wildman–Crippen LogP) is 1.07. The molecule has 1 amide bonds. The Balaban J connectivity index is 1.77. The molecule has 1 aromatic carbocycles. The summed E-state index contributed by atoms with van der Waals surface area (Å²) in [7, 11) is 4.17. The van der Waals surface area contributed by atoms with Gasteiger partial charge >= 0.3 is 5.97 Å². The molecule has 0 radical (unpaired) electrons. The van der Waals surface area contributed by atoms with Crippen molar-refractivity contribution in [1.29, 1.82) is 0 Å². The number of nitrogens with two attached hydrogens (primary N) is 1. The SMILES string of the molecule is COc1cc(C(=O)O)c(CNC(=O)CSc2nc(N)nc3nc[nH]c23)c(OC)c1OC. The molecule has 12 nitrogen and oxygen atoms in total. The number of nitrogen functional groups attached to an aromatic ring is 1. The zero-order chi connectivity index (χ0) is 22.5. The molecule has 0 atom stereocenters. The van der Waals surface area contributed by atoms with E-state index < -0.39 is 5.97 Å². The minimum Gasteiger partial charge on any atom is -0.493 e. The van der Waals surface area contributed by atoms with Gasteiger partial charge in [-0.3, -0.25) is 4.79 Å². The summed E-state index contributed by atoms with van der Waals surface area (Å²) in [5.74, 6) is -0.917. The monoisotopic (exact) mass is 448 g/mol. The van der Waals surface area contributed by atoms with Gasteiger partial charge in [-0.1, -0.05) is 11.8 Å². The number of fused-ring (bicyclic) bond motifs is 1. The summed E-state index contributed by atoms with van der Waals surface area (Å²) >= 11 is 1.14. The average molecular weight is 448 g/mol. The number of nitrogens with one attached hydrogen (secondary N) is 2. The van der Waals surface area contributed by atoms with Gasteiger partial charge < -0.3 is 35.4 Å². The number of ether oxygens (including phenoxy) is 3. The number of rotatable bonds is 9. The number of aromatic amines is 1. The maximum Gasteiger partial charge on any atom is 0.336 e. The number of aromatic carboxylic acids is 1. The Morgan fingerprint density at radius 2 is 1.94 bits per heavy atom. The van der Waals surface area contributed by atoms with E-state index in [-0.39, 0.29) is 52.5 Å². The summed E-state index contributed by atoms with van der Waals surface area (Å²) < 4.78 is 15.8. The molecule has 13 heteroatoms. The highest BCUT2D eigenvalue weighted by Crippen LogP contribution is 2.42. The summed E-state index contributed by atoms with van der Waals surface area (Å²) in [6.45, 7) is -0.101. The van der Waals surface area contributed by atoms with Gasteiger partial charge in [0.1, 0.15) is 10.5 Å². The maximum atomic E-state index is 12.4. The summed E-state index contributed by atoms with van der Waals surface area (Å²) in [6, 6.07) is 1.32. The standard InChI is InChI=1S/C18H20N6O6S/c1-28-10-4-8(17(26)27)9(13(29-2)14(10)30-3)5-20-11(25)6-31-16-12-15(22-7-21-12)23-18(19)24-16/h4,7H,5-6H2,1-3H3,(H,20,25)(H,26,27)(H3,19,21,22,23,24). The van der Waals surface area contributed by atoms with E-state index in [4.69, 9.17) is 19.9 Å². The molecule has 2 aromatic heterocycles. The highest BCUT2D eigenvalue weighted by molar-refractivity contribution is 8.00. The largest absolute Gasteiger partial charge is 0.493 e. The minimum absolute atomic E-state index is 0.00256. The summed E-state index contributed by atoms with van der Waals surface area (Å²) in [6.07, 6.45) is 1.46. The summed E-state index contributed by atoms with van der Waals surface area (Å²) in [5, 5.41) is 12.7. The van der Waals surface area contributed by atoms with Gasteiger partial charge in [-0.15, -0.1) is 0 Å². The van der Waals surface area contributed by atoms with Gasteiger partial charge in [-0.25, -0.2) is 14.8 Å². The first-order valence-electron chi connectivity index (χ1n) is 8.80. The number of anilines is 1. The van der Waals surface area contributed by atoms with Crippen LogP contribution in [0, 0.1) is 0 Å². The number of benzene rings is 1. The molecule has 0 aliphatic rings. The number of carbonyl (C=O) groups excluding carboxylic acids is 1. The predicted molar refractivity (Wildman–Crippen MR) is 112 cm³/mol. The highest BCUT2D eigenvalue weighted by atomic mass is 32.2. The van der Waals surface area contributed by atoms with Crippen LogP contribution in [0.25, 0.3) is 11.2 Å². The fraction of sp³-hybridized carbons (Fsp3) is 0.278. The Kier molecular flexibility index (Phi) is 6.65. The van der Waals surface area contributed by atoms with E-state index in [0.29, 0.717) is 16.2 Å². The Morgan fingerprint density at radius 1 is 1.19 bits per heavy atom. The van der Waals surface area contributed by atoms with Crippen LogP contribution in [0.4, 0.5) is 5.95 Å². The lowest BCUT2D eigenvalue weighted by Crippen LogP contribution is -2.26. The first kappa shape index (κ1) is 22.0. The second kappa shape index (κ2) is 9.38. The number of nitrogens with zero attached hydrogens (tertiary/aromatic N) is 3. The van der Waals surface area contributed by atoms with Crippen molar-refractivity contribution in [2.75, 3.05) is 32.8 Å². The zero-order valence-corrected chi connectivity index (χ0v) is 17.7. The second-order valence-electron chi connectivity index (χ2n) is 6.03. The van der Waals surface area contributed by atoms with E-state index in [1.165, 1.54) is 33.7 Å². The molecule has 2 heterocycles. The molecular weight excluding hydrogens is 428 g/mol. The first-order chi connectivity index (χ1) is 14.9. The number of imidazole rings is 1. The maximum absolute atomic E-state index is 12.4. The lowest BCUT2D eigenvalue weighted by Gasteiger charge is -2.18. The quantitative estimate of drug-likeness (QED) is 0.272. The molecule has 5 N–H and O–H groups in total. The van der Waals surface area contributed by atoms with Crippen LogP contribution in [0.15, 0.2) is 17.4 Å². The molecule has 0 aliphatic carbocycles. The zero-order valence-electron chi connectivity index (χ0n) is 16.9. The second-order valence-corrected chi connectivity index (χ2v) is 6.99. The first-order valence-corrected chi connectivity index (χ1v) is 9.79. The molecule has 31 heavy (non-hydrogen) atoms. The number of H-pyrrole nitrogens is 1. The van der Waals surface area contributed by atoms with Crippen molar-refractivity contribution in [3.05, 3.63) is 23.5 Å². The molecular formula is C18H20N6O6S. The van der Waals surface area contributed by atoms with Crippen LogP contribution in [0.2, 0.25) is 0 Å². The lowest BCUT2D eigenvalue weighted by atomic mass is 10.0. The van der Waals surface area contributed by atoms with E-state index in [1.54, 1.807) is 0 Å². The smallest absolute Gasteiger partial charge is 0.336 e. The van der Waals surface area contributed by atoms with Crippen LogP contribution in [0.5, 0.6) is 17.2 Å². The molecule has 3 aromatic rings. The van der Waals surface area contributed by atoms with Crippen molar-refractivity contribution < 1.29 is 28.9 Å². The molecule has 0 saturated heterocycles. The third-order valence-corrected chi connectivity index (χ3v) is 5.21. The number of carbonyl (C=O) groups is 2. The van der Waals surface area contributed by atoms with Crippen LogP contribution in [-0.2, 0) is 11.3 Å². The number of carboxylic acid groups (broad SMARTS) is 1. The third kappa shape index (κ3) is 4.55. The van der Waals surface area contributed by atoms with Crippen LogP contribution in [0.3, 0.4) is 0 Å². The highest BCUT2D eigenvalue weighted by Gasteiger charge is 2.24. The van der Waals surface area contributed by atoms with Gasteiger partial charge in [0.15, 0.2) is 17.1 Å². The van der Waals surface area contributed by atoms with E-state index in [2.05, 4.69) is 25.3 Å². The van der Waals surface area contributed by atoms with Crippen molar-refractivity contribution >= 4 is 40.8 Å². The van der Waals surface area contributed by atoms with Gasteiger partial charge in [-0.05, 0) is 6.07 Å².